The number of carboxylic acids is 1. The Kier molecular flexibility index (Phi) is 7.03. The highest BCUT2D eigenvalue weighted by Gasteiger charge is 2.20. The molecule has 0 unspecified atom stereocenters. The first-order valence-corrected chi connectivity index (χ1v) is 9.64. The maximum atomic E-state index is 12.4. The van der Waals surface area contributed by atoms with E-state index in [2.05, 4.69) is 5.32 Å². The van der Waals surface area contributed by atoms with Gasteiger partial charge in [-0.2, -0.15) is 0 Å². The van der Waals surface area contributed by atoms with Crippen LogP contribution in [0.3, 0.4) is 0 Å². The standard InChI is InChI=1S/C22H26N2O4/c25-21-16-24(14-17-8-3-1-4-9-17)15-19-18(22(26)27)10-7-11-20(19)28-13-6-2-5-12-23-21/h1,3-4,7-11H,2,5-6,12-16H2,(H,23,25)(H,26,27). The molecule has 1 aliphatic rings. The zero-order valence-electron chi connectivity index (χ0n) is 15.9. The minimum atomic E-state index is -0.992. The van der Waals surface area contributed by atoms with Crippen LogP contribution in [-0.2, 0) is 17.9 Å². The number of aromatic carboxylic acids is 1. The predicted octanol–water partition coefficient (Wildman–Crippen LogP) is 3.07. The summed E-state index contributed by atoms with van der Waals surface area (Å²) in [5.74, 6) is -0.461. The first kappa shape index (κ1) is 19.9. The number of hydrogen-bond acceptors (Lipinski definition) is 4. The number of hydrogen-bond donors (Lipinski definition) is 2. The van der Waals surface area contributed by atoms with Crippen molar-refractivity contribution in [2.45, 2.75) is 32.4 Å². The van der Waals surface area contributed by atoms with Crippen molar-refractivity contribution in [2.75, 3.05) is 19.7 Å². The van der Waals surface area contributed by atoms with Crippen LogP contribution in [0, 0.1) is 0 Å². The van der Waals surface area contributed by atoms with Gasteiger partial charge in [0, 0.05) is 25.2 Å². The maximum Gasteiger partial charge on any atom is 0.336 e. The molecule has 1 heterocycles. The summed E-state index contributed by atoms with van der Waals surface area (Å²) >= 11 is 0. The third kappa shape index (κ3) is 5.57. The zero-order chi connectivity index (χ0) is 19.8. The van der Waals surface area contributed by atoms with Crippen LogP contribution in [0.4, 0.5) is 0 Å². The highest BCUT2D eigenvalue weighted by Crippen LogP contribution is 2.26. The lowest BCUT2D eigenvalue weighted by molar-refractivity contribution is -0.122. The van der Waals surface area contributed by atoms with Gasteiger partial charge in [-0.3, -0.25) is 9.69 Å². The lowest BCUT2D eigenvalue weighted by Gasteiger charge is -2.24. The Labute approximate surface area is 165 Å². The number of ether oxygens (including phenoxy) is 1. The molecule has 0 atom stereocenters. The van der Waals surface area contributed by atoms with Crippen molar-refractivity contribution < 1.29 is 19.4 Å². The van der Waals surface area contributed by atoms with Crippen LogP contribution in [0.25, 0.3) is 0 Å². The van der Waals surface area contributed by atoms with Gasteiger partial charge in [-0.05, 0) is 37.0 Å². The van der Waals surface area contributed by atoms with E-state index in [0.717, 1.165) is 24.8 Å². The molecule has 0 fully saturated rings. The van der Waals surface area contributed by atoms with Gasteiger partial charge in [-0.15, -0.1) is 0 Å². The van der Waals surface area contributed by atoms with Crippen LogP contribution < -0.4 is 10.1 Å². The third-order valence-corrected chi connectivity index (χ3v) is 4.76. The van der Waals surface area contributed by atoms with E-state index in [4.69, 9.17) is 4.74 Å². The van der Waals surface area contributed by atoms with Crippen molar-refractivity contribution in [1.82, 2.24) is 10.2 Å². The molecule has 0 saturated heterocycles. The number of carbonyl (C=O) groups is 2. The lowest BCUT2D eigenvalue weighted by Crippen LogP contribution is -2.37. The van der Waals surface area contributed by atoms with Gasteiger partial charge in [0.2, 0.25) is 5.91 Å². The second kappa shape index (κ2) is 9.90. The van der Waals surface area contributed by atoms with E-state index in [9.17, 15) is 14.7 Å². The molecule has 2 aromatic carbocycles. The number of carboxylic acid groups (broad SMARTS) is 1. The second-order valence-corrected chi connectivity index (χ2v) is 6.98. The Hall–Kier alpha value is -2.86. The molecule has 0 aliphatic carbocycles. The summed E-state index contributed by atoms with van der Waals surface area (Å²) in [7, 11) is 0. The number of rotatable bonds is 3. The predicted molar refractivity (Wildman–Crippen MR) is 106 cm³/mol. The van der Waals surface area contributed by atoms with Gasteiger partial charge in [0.05, 0.1) is 18.7 Å². The molecular weight excluding hydrogens is 356 g/mol. The van der Waals surface area contributed by atoms with Gasteiger partial charge in [0.25, 0.3) is 0 Å². The van der Waals surface area contributed by atoms with Crippen LogP contribution in [0.1, 0.15) is 40.7 Å². The molecule has 0 bridgehead atoms. The average Bonchev–Trinajstić information content (AvgIpc) is 2.69. The molecule has 0 spiro atoms. The Morgan fingerprint density at radius 2 is 1.86 bits per heavy atom. The minimum absolute atomic E-state index is 0.0505. The Morgan fingerprint density at radius 3 is 2.64 bits per heavy atom. The molecule has 6 heteroatoms. The number of nitrogens with one attached hydrogen (secondary N) is 1. The topological polar surface area (TPSA) is 78.9 Å². The van der Waals surface area contributed by atoms with E-state index < -0.39 is 5.97 Å². The molecule has 2 N–H and O–H groups in total. The first-order valence-electron chi connectivity index (χ1n) is 9.64. The molecule has 1 amide bonds. The van der Waals surface area contributed by atoms with Gasteiger partial charge in [-0.1, -0.05) is 36.4 Å². The summed E-state index contributed by atoms with van der Waals surface area (Å²) in [5, 5.41) is 12.6. The minimum Gasteiger partial charge on any atom is -0.493 e. The summed E-state index contributed by atoms with van der Waals surface area (Å²) in [5.41, 5.74) is 1.89. The average molecular weight is 382 g/mol. The fourth-order valence-corrected chi connectivity index (χ4v) is 3.37. The van der Waals surface area contributed by atoms with Crippen LogP contribution in [0.2, 0.25) is 0 Å². The number of fused-ring (bicyclic) bond motifs is 1. The van der Waals surface area contributed by atoms with E-state index in [-0.39, 0.29) is 18.0 Å². The van der Waals surface area contributed by atoms with Crippen LogP contribution in [0.5, 0.6) is 5.75 Å². The van der Waals surface area contributed by atoms with Crippen molar-refractivity contribution in [3.63, 3.8) is 0 Å². The fourth-order valence-electron chi connectivity index (χ4n) is 3.37. The summed E-state index contributed by atoms with van der Waals surface area (Å²) in [6, 6.07) is 15.0. The Bertz CT molecular complexity index is 807. The Morgan fingerprint density at radius 1 is 1.04 bits per heavy atom. The number of nitrogens with zero attached hydrogens (tertiary/aromatic N) is 1. The van der Waals surface area contributed by atoms with Crippen molar-refractivity contribution >= 4 is 11.9 Å². The van der Waals surface area contributed by atoms with Gasteiger partial charge in [-0.25, -0.2) is 4.79 Å². The molecule has 148 valence electrons. The number of amides is 1. The summed E-state index contributed by atoms with van der Waals surface area (Å²) in [6.07, 6.45) is 2.71. The molecule has 6 nitrogen and oxygen atoms in total. The van der Waals surface area contributed by atoms with Gasteiger partial charge >= 0.3 is 5.97 Å². The SMILES string of the molecule is O=C1CN(Cc2ccccc2)Cc2c(cccc2C(=O)O)OCCCCCN1. The highest BCUT2D eigenvalue weighted by molar-refractivity contribution is 5.90. The normalized spacial score (nSPS) is 16.5. The molecular formula is C22H26N2O4. The van der Waals surface area contributed by atoms with E-state index in [1.807, 2.05) is 41.3 Å². The molecule has 0 saturated carbocycles. The Balaban J connectivity index is 1.93. The second-order valence-electron chi connectivity index (χ2n) is 6.98. The summed E-state index contributed by atoms with van der Waals surface area (Å²) in [6.45, 7) is 2.23. The maximum absolute atomic E-state index is 12.4. The molecule has 3 rings (SSSR count). The van der Waals surface area contributed by atoms with Crippen molar-refractivity contribution in [3.05, 3.63) is 65.2 Å². The van der Waals surface area contributed by atoms with Gasteiger partial charge < -0.3 is 15.2 Å². The van der Waals surface area contributed by atoms with Crippen LogP contribution >= 0.6 is 0 Å². The van der Waals surface area contributed by atoms with Gasteiger partial charge in [0.15, 0.2) is 0 Å². The molecule has 0 radical (unpaired) electrons. The van der Waals surface area contributed by atoms with E-state index in [1.54, 1.807) is 12.1 Å². The monoisotopic (exact) mass is 382 g/mol. The van der Waals surface area contributed by atoms with Crippen molar-refractivity contribution in [3.8, 4) is 5.75 Å². The first-order chi connectivity index (χ1) is 13.6. The zero-order valence-corrected chi connectivity index (χ0v) is 15.9. The molecule has 0 aromatic heterocycles. The van der Waals surface area contributed by atoms with Crippen molar-refractivity contribution in [1.29, 1.82) is 0 Å². The van der Waals surface area contributed by atoms with Crippen LogP contribution in [0.15, 0.2) is 48.5 Å². The fraction of sp³-hybridized carbons (Fsp3) is 0.364. The molecule has 28 heavy (non-hydrogen) atoms. The third-order valence-electron chi connectivity index (χ3n) is 4.76. The van der Waals surface area contributed by atoms with E-state index in [0.29, 0.717) is 37.6 Å². The highest BCUT2D eigenvalue weighted by atomic mass is 16.5. The van der Waals surface area contributed by atoms with Crippen LogP contribution in [-0.4, -0.2) is 41.6 Å². The lowest BCUT2D eigenvalue weighted by atomic mass is 10.0. The molecule has 2 aromatic rings. The largest absolute Gasteiger partial charge is 0.493 e. The molecule has 1 aliphatic heterocycles. The van der Waals surface area contributed by atoms with E-state index >= 15 is 0 Å². The van der Waals surface area contributed by atoms with E-state index in [1.165, 1.54) is 0 Å². The quantitative estimate of drug-likeness (QED) is 0.853. The summed E-state index contributed by atoms with van der Waals surface area (Å²) < 4.78 is 5.92. The van der Waals surface area contributed by atoms with Crippen molar-refractivity contribution in [2.24, 2.45) is 0 Å². The summed E-state index contributed by atoms with van der Waals surface area (Å²) in [4.78, 5) is 26.2. The smallest absolute Gasteiger partial charge is 0.336 e. The number of benzene rings is 2. The van der Waals surface area contributed by atoms with Gasteiger partial charge in [0.1, 0.15) is 5.75 Å². The number of carbonyl (C=O) groups excluding carboxylic acids is 1.